The molecule has 0 radical (unpaired) electrons. The molecule has 24 heavy (non-hydrogen) atoms. The van der Waals surface area contributed by atoms with Gasteiger partial charge in [-0.1, -0.05) is 49.6 Å². The Morgan fingerprint density at radius 3 is 2.42 bits per heavy atom. The summed E-state index contributed by atoms with van der Waals surface area (Å²) in [5.74, 6) is -0.397. The highest BCUT2D eigenvalue weighted by Gasteiger charge is 2.47. The standard InChI is InChI=1S/C20H30O4/c1-15(2)24-19(22)20(3,18(21)17-12-8-5-9-13-17)23-14-16-10-6-4-7-11-16/h4,6-7,10-11,15,17-18,21H,5,8-9,12-14H2,1-3H3/t18-,20+/m1/s1. The fraction of sp³-hybridized carbons (Fsp3) is 0.650. The molecule has 1 aliphatic carbocycles. The second-order valence-corrected chi connectivity index (χ2v) is 7.18. The molecule has 0 bridgehead atoms. The molecule has 0 amide bonds. The predicted molar refractivity (Wildman–Crippen MR) is 93.4 cm³/mol. The van der Waals surface area contributed by atoms with Crippen LogP contribution >= 0.6 is 0 Å². The van der Waals surface area contributed by atoms with Crippen molar-refractivity contribution in [3.63, 3.8) is 0 Å². The van der Waals surface area contributed by atoms with Crippen LogP contribution in [0.15, 0.2) is 30.3 Å². The van der Waals surface area contributed by atoms with Crippen LogP contribution in [0.4, 0.5) is 0 Å². The van der Waals surface area contributed by atoms with Crippen molar-refractivity contribution in [2.24, 2.45) is 5.92 Å². The van der Waals surface area contributed by atoms with E-state index in [1.54, 1.807) is 6.92 Å². The van der Waals surface area contributed by atoms with Crippen LogP contribution in [-0.2, 0) is 20.9 Å². The maximum Gasteiger partial charge on any atom is 0.341 e. The Hall–Kier alpha value is -1.39. The van der Waals surface area contributed by atoms with Crippen molar-refractivity contribution in [3.05, 3.63) is 35.9 Å². The second kappa shape index (κ2) is 8.63. The SMILES string of the molecule is CC(C)OC(=O)[C@@](C)(OCc1ccccc1)[C@H](O)C1CCCCC1. The van der Waals surface area contributed by atoms with Crippen molar-refractivity contribution in [2.45, 2.75) is 77.3 Å². The van der Waals surface area contributed by atoms with Crippen molar-refractivity contribution in [3.8, 4) is 0 Å². The van der Waals surface area contributed by atoms with Crippen LogP contribution in [0.2, 0.25) is 0 Å². The fourth-order valence-electron chi connectivity index (χ4n) is 3.30. The molecule has 1 fully saturated rings. The van der Waals surface area contributed by atoms with Gasteiger partial charge in [0.25, 0.3) is 0 Å². The van der Waals surface area contributed by atoms with E-state index in [0.29, 0.717) is 0 Å². The third-order valence-corrected chi connectivity index (χ3v) is 4.79. The van der Waals surface area contributed by atoms with Gasteiger partial charge in [0.2, 0.25) is 0 Å². The van der Waals surface area contributed by atoms with Crippen LogP contribution < -0.4 is 0 Å². The third-order valence-electron chi connectivity index (χ3n) is 4.79. The van der Waals surface area contributed by atoms with Crippen LogP contribution in [0.1, 0.15) is 58.4 Å². The summed E-state index contributed by atoms with van der Waals surface area (Å²) in [5.41, 5.74) is -0.376. The summed E-state index contributed by atoms with van der Waals surface area (Å²) in [6, 6.07) is 9.69. The molecule has 1 aromatic carbocycles. The Kier molecular flexibility index (Phi) is 6.81. The average Bonchev–Trinajstić information content (AvgIpc) is 2.60. The first-order valence-corrected chi connectivity index (χ1v) is 9.00. The number of aliphatic hydroxyl groups is 1. The molecule has 4 heteroatoms. The molecule has 134 valence electrons. The number of benzene rings is 1. The lowest BCUT2D eigenvalue weighted by Gasteiger charge is -2.38. The smallest absolute Gasteiger partial charge is 0.341 e. The lowest BCUT2D eigenvalue weighted by Crippen LogP contribution is -2.54. The quantitative estimate of drug-likeness (QED) is 0.770. The summed E-state index contributed by atoms with van der Waals surface area (Å²) in [6.07, 6.45) is 4.15. The van der Waals surface area contributed by atoms with Crippen LogP contribution in [0.5, 0.6) is 0 Å². The molecule has 1 aliphatic rings. The lowest BCUT2D eigenvalue weighted by atomic mass is 9.79. The maximum absolute atomic E-state index is 12.7. The van der Waals surface area contributed by atoms with Gasteiger partial charge in [0, 0.05) is 0 Å². The molecule has 0 aromatic heterocycles. The zero-order valence-electron chi connectivity index (χ0n) is 15.0. The molecule has 2 rings (SSSR count). The first-order valence-electron chi connectivity index (χ1n) is 9.00. The first kappa shape index (κ1) is 18.9. The summed E-state index contributed by atoms with van der Waals surface area (Å²) < 4.78 is 11.4. The van der Waals surface area contributed by atoms with Crippen LogP contribution in [-0.4, -0.2) is 28.9 Å². The lowest BCUT2D eigenvalue weighted by molar-refractivity contribution is -0.198. The Labute approximate surface area is 145 Å². The number of hydrogen-bond acceptors (Lipinski definition) is 4. The van der Waals surface area contributed by atoms with Gasteiger partial charge < -0.3 is 14.6 Å². The Morgan fingerprint density at radius 2 is 1.83 bits per heavy atom. The van der Waals surface area contributed by atoms with Gasteiger partial charge in [-0.25, -0.2) is 4.79 Å². The first-order chi connectivity index (χ1) is 11.4. The van der Waals surface area contributed by atoms with Crippen molar-refractivity contribution >= 4 is 5.97 Å². The number of esters is 1. The molecule has 0 heterocycles. The summed E-state index contributed by atoms with van der Waals surface area (Å²) in [5, 5.41) is 10.9. The van der Waals surface area contributed by atoms with E-state index in [2.05, 4.69) is 0 Å². The highest BCUT2D eigenvalue weighted by Crippen LogP contribution is 2.34. The Balaban J connectivity index is 2.14. The third kappa shape index (κ3) is 4.81. The van der Waals surface area contributed by atoms with Crippen molar-refractivity contribution in [1.82, 2.24) is 0 Å². The van der Waals surface area contributed by atoms with E-state index >= 15 is 0 Å². The Bertz CT molecular complexity index is 508. The molecule has 4 nitrogen and oxygen atoms in total. The topological polar surface area (TPSA) is 55.8 Å². The molecule has 1 aromatic rings. The summed E-state index contributed by atoms with van der Waals surface area (Å²) in [6.45, 7) is 5.55. The molecular formula is C20H30O4. The van der Waals surface area contributed by atoms with Gasteiger partial charge in [-0.2, -0.15) is 0 Å². The molecule has 0 aliphatic heterocycles. The highest BCUT2D eigenvalue weighted by atomic mass is 16.6. The predicted octanol–water partition coefficient (Wildman–Crippen LogP) is 3.85. The normalized spacial score (nSPS) is 19.7. The fourth-order valence-corrected chi connectivity index (χ4v) is 3.30. The second-order valence-electron chi connectivity index (χ2n) is 7.18. The Morgan fingerprint density at radius 1 is 1.21 bits per heavy atom. The number of hydrogen-bond donors (Lipinski definition) is 1. The van der Waals surface area contributed by atoms with Crippen molar-refractivity contribution < 1.29 is 19.4 Å². The largest absolute Gasteiger partial charge is 0.461 e. The summed E-state index contributed by atoms with van der Waals surface area (Å²) >= 11 is 0. The van der Waals surface area contributed by atoms with Crippen molar-refractivity contribution in [2.75, 3.05) is 0 Å². The molecule has 0 spiro atoms. The van der Waals surface area contributed by atoms with E-state index in [9.17, 15) is 9.90 Å². The minimum Gasteiger partial charge on any atom is -0.461 e. The highest BCUT2D eigenvalue weighted by molar-refractivity contribution is 5.80. The van der Waals surface area contributed by atoms with Crippen LogP contribution in [0, 0.1) is 5.92 Å². The van der Waals surface area contributed by atoms with E-state index in [1.807, 2.05) is 44.2 Å². The molecular weight excluding hydrogens is 304 g/mol. The van der Waals surface area contributed by atoms with Gasteiger partial charge in [-0.05, 0) is 45.1 Å². The van der Waals surface area contributed by atoms with E-state index in [0.717, 1.165) is 31.2 Å². The van der Waals surface area contributed by atoms with Gasteiger partial charge in [0.15, 0.2) is 5.60 Å². The molecule has 0 saturated heterocycles. The number of aliphatic hydroxyl groups excluding tert-OH is 1. The van der Waals surface area contributed by atoms with Gasteiger partial charge in [0.05, 0.1) is 18.8 Å². The zero-order chi connectivity index (χ0) is 17.6. The number of ether oxygens (including phenoxy) is 2. The van der Waals surface area contributed by atoms with E-state index in [1.165, 1.54) is 6.42 Å². The van der Waals surface area contributed by atoms with E-state index in [-0.39, 0.29) is 18.6 Å². The van der Waals surface area contributed by atoms with E-state index in [4.69, 9.17) is 9.47 Å². The number of rotatable bonds is 7. The summed E-state index contributed by atoms with van der Waals surface area (Å²) in [4.78, 5) is 12.7. The number of carbonyl (C=O) groups is 1. The maximum atomic E-state index is 12.7. The monoisotopic (exact) mass is 334 g/mol. The molecule has 1 saturated carbocycles. The van der Waals surface area contributed by atoms with Gasteiger partial charge >= 0.3 is 5.97 Å². The van der Waals surface area contributed by atoms with Crippen molar-refractivity contribution in [1.29, 1.82) is 0 Å². The molecule has 1 N–H and O–H groups in total. The van der Waals surface area contributed by atoms with Gasteiger partial charge in [0.1, 0.15) is 0 Å². The van der Waals surface area contributed by atoms with Crippen LogP contribution in [0.25, 0.3) is 0 Å². The van der Waals surface area contributed by atoms with E-state index < -0.39 is 17.7 Å². The molecule has 2 atom stereocenters. The average molecular weight is 334 g/mol. The molecule has 0 unspecified atom stereocenters. The summed E-state index contributed by atoms with van der Waals surface area (Å²) in [7, 11) is 0. The minimum absolute atomic E-state index is 0.0826. The minimum atomic E-state index is -1.35. The zero-order valence-corrected chi connectivity index (χ0v) is 15.0. The van der Waals surface area contributed by atoms with Gasteiger partial charge in [-0.15, -0.1) is 0 Å². The van der Waals surface area contributed by atoms with Crippen LogP contribution in [0.3, 0.4) is 0 Å². The van der Waals surface area contributed by atoms with Gasteiger partial charge in [-0.3, -0.25) is 0 Å². The number of carbonyl (C=O) groups excluding carboxylic acids is 1.